The molecule has 0 spiro atoms. The molecular weight excluding hydrogens is 456 g/mol. The normalized spacial score (nSPS) is 16.9. The van der Waals surface area contributed by atoms with Crippen LogP contribution in [-0.4, -0.2) is 53.2 Å². The van der Waals surface area contributed by atoms with E-state index in [1.165, 1.54) is 11.4 Å². The molecule has 0 bridgehead atoms. The first-order valence-electron chi connectivity index (χ1n) is 9.53. The average molecular weight is 483 g/mol. The summed E-state index contributed by atoms with van der Waals surface area (Å²) in [6.45, 7) is 1.26. The topological polar surface area (TPSA) is 59.1 Å². The lowest BCUT2D eigenvalue weighted by Gasteiger charge is -2.26. The van der Waals surface area contributed by atoms with Gasteiger partial charge >= 0.3 is 0 Å². The Bertz CT molecular complexity index is 926. The summed E-state index contributed by atoms with van der Waals surface area (Å²) in [7, 11) is 1.64. The molecule has 158 valence electrons. The number of hydrogen-bond acceptors (Lipinski definition) is 5. The van der Waals surface area contributed by atoms with E-state index in [9.17, 15) is 8.42 Å². The molecule has 0 N–H and O–H groups in total. The maximum atomic E-state index is 13.6. The summed E-state index contributed by atoms with van der Waals surface area (Å²) in [6, 6.07) is 12.9. The predicted molar refractivity (Wildman–Crippen MR) is 118 cm³/mol. The highest BCUT2D eigenvalue weighted by Crippen LogP contribution is 2.31. The molecule has 0 saturated carbocycles. The molecule has 1 aliphatic heterocycles. The minimum atomic E-state index is -3.79. The molecule has 1 aliphatic rings. The van der Waals surface area contributed by atoms with Gasteiger partial charge in [0.05, 0.1) is 13.2 Å². The van der Waals surface area contributed by atoms with Gasteiger partial charge in [0.25, 0.3) is 0 Å². The Morgan fingerprint density at radius 1 is 1.17 bits per heavy atom. The Labute approximate surface area is 181 Å². The number of rotatable bonds is 8. The quantitative estimate of drug-likeness (QED) is 0.570. The molecular formula is C21H27BrN2O4S. The van der Waals surface area contributed by atoms with Gasteiger partial charge in [-0.25, -0.2) is 8.42 Å². The summed E-state index contributed by atoms with van der Waals surface area (Å²) in [5.41, 5.74) is 1.99. The zero-order valence-electron chi connectivity index (χ0n) is 17.0. The Morgan fingerprint density at radius 2 is 1.90 bits per heavy atom. The van der Waals surface area contributed by atoms with Crippen LogP contribution >= 0.6 is 15.9 Å². The number of methoxy groups -OCH3 is 1. The van der Waals surface area contributed by atoms with Crippen molar-refractivity contribution in [2.75, 3.05) is 39.3 Å². The van der Waals surface area contributed by atoms with Crippen molar-refractivity contribution in [3.05, 3.63) is 52.5 Å². The second-order valence-electron chi connectivity index (χ2n) is 7.29. The highest BCUT2D eigenvalue weighted by molar-refractivity contribution is 9.10. The van der Waals surface area contributed by atoms with E-state index < -0.39 is 10.0 Å². The second kappa shape index (κ2) is 9.47. The van der Waals surface area contributed by atoms with Crippen molar-refractivity contribution in [3.63, 3.8) is 0 Å². The van der Waals surface area contributed by atoms with E-state index in [0.717, 1.165) is 24.1 Å². The van der Waals surface area contributed by atoms with Crippen LogP contribution < -0.4 is 9.64 Å². The molecule has 0 radical (unpaired) electrons. The first-order valence-corrected chi connectivity index (χ1v) is 11.8. The smallest absolute Gasteiger partial charge is 0.247 e. The Balaban J connectivity index is 1.94. The summed E-state index contributed by atoms with van der Waals surface area (Å²) < 4.78 is 40.4. The van der Waals surface area contributed by atoms with Gasteiger partial charge in [0, 0.05) is 44.0 Å². The number of nitrogens with zero attached hydrogens (tertiary/aromatic N) is 2. The number of sulfonamides is 1. The average Bonchev–Trinajstić information content (AvgIpc) is 3.21. The maximum Gasteiger partial charge on any atom is 0.247 e. The Kier molecular flexibility index (Phi) is 7.21. The van der Waals surface area contributed by atoms with Gasteiger partial charge < -0.3 is 14.4 Å². The molecule has 2 aromatic rings. The number of halogens is 1. The number of hydrogen-bond donors (Lipinski definition) is 0. The maximum absolute atomic E-state index is 13.6. The van der Waals surface area contributed by atoms with E-state index in [1.807, 2.05) is 43.3 Å². The van der Waals surface area contributed by atoms with Gasteiger partial charge in [0.1, 0.15) is 10.6 Å². The lowest BCUT2D eigenvalue weighted by molar-refractivity contribution is 0.0925. The van der Waals surface area contributed by atoms with Gasteiger partial charge in [-0.15, -0.1) is 0 Å². The van der Waals surface area contributed by atoms with Crippen molar-refractivity contribution < 1.29 is 17.9 Å². The van der Waals surface area contributed by atoms with Gasteiger partial charge in [0.15, 0.2) is 0 Å². The molecule has 0 aliphatic carbocycles. The van der Waals surface area contributed by atoms with Gasteiger partial charge in [0.2, 0.25) is 10.0 Å². The fourth-order valence-electron chi connectivity index (χ4n) is 3.36. The van der Waals surface area contributed by atoms with Crippen molar-refractivity contribution in [2.24, 2.45) is 0 Å². The Hall–Kier alpha value is -1.61. The number of anilines is 1. The molecule has 1 atom stereocenters. The van der Waals surface area contributed by atoms with Crippen LogP contribution in [-0.2, 0) is 21.3 Å². The minimum absolute atomic E-state index is 0.0935. The SMILES string of the molecule is COc1ccc(Br)cc1S(=O)(=O)N(Cc1ccc(N(C)C)cc1)C[C@H]1CCCO1. The van der Waals surface area contributed by atoms with E-state index in [0.29, 0.717) is 23.4 Å². The third-order valence-electron chi connectivity index (χ3n) is 4.99. The molecule has 2 aromatic carbocycles. The van der Waals surface area contributed by atoms with E-state index >= 15 is 0 Å². The van der Waals surface area contributed by atoms with Crippen molar-refractivity contribution >= 4 is 31.6 Å². The van der Waals surface area contributed by atoms with Crippen LogP contribution in [0.1, 0.15) is 18.4 Å². The van der Waals surface area contributed by atoms with Gasteiger partial charge in [-0.05, 0) is 48.7 Å². The molecule has 0 amide bonds. The summed E-state index contributed by atoms with van der Waals surface area (Å²) in [4.78, 5) is 2.16. The van der Waals surface area contributed by atoms with Crippen LogP contribution in [0, 0.1) is 0 Å². The molecule has 8 heteroatoms. The lowest BCUT2D eigenvalue weighted by atomic mass is 10.2. The van der Waals surface area contributed by atoms with Crippen molar-refractivity contribution in [1.29, 1.82) is 0 Å². The van der Waals surface area contributed by atoms with E-state index in [1.54, 1.807) is 18.2 Å². The molecule has 1 fully saturated rings. The van der Waals surface area contributed by atoms with Crippen molar-refractivity contribution in [2.45, 2.75) is 30.4 Å². The predicted octanol–water partition coefficient (Wildman–Crippen LogP) is 3.89. The summed E-state index contributed by atoms with van der Waals surface area (Å²) in [5.74, 6) is 0.327. The van der Waals surface area contributed by atoms with E-state index in [4.69, 9.17) is 9.47 Å². The van der Waals surface area contributed by atoms with E-state index in [2.05, 4.69) is 15.9 Å². The highest BCUT2D eigenvalue weighted by Gasteiger charge is 2.31. The molecule has 1 heterocycles. The minimum Gasteiger partial charge on any atom is -0.495 e. The fourth-order valence-corrected chi connectivity index (χ4v) is 5.51. The van der Waals surface area contributed by atoms with Crippen LogP contribution in [0.3, 0.4) is 0 Å². The zero-order valence-corrected chi connectivity index (χ0v) is 19.4. The lowest BCUT2D eigenvalue weighted by Crippen LogP contribution is -2.37. The molecule has 1 saturated heterocycles. The largest absolute Gasteiger partial charge is 0.495 e. The van der Waals surface area contributed by atoms with Crippen LogP contribution in [0.2, 0.25) is 0 Å². The third-order valence-corrected chi connectivity index (χ3v) is 7.31. The fraction of sp³-hybridized carbons (Fsp3) is 0.429. The standard InChI is InChI=1S/C21H27BrN2O4S/c1-23(2)18-9-6-16(7-10-18)14-24(15-19-5-4-12-28-19)29(25,26)21-13-17(22)8-11-20(21)27-3/h6-11,13,19H,4-5,12,14-15H2,1-3H3/t19-/m1/s1. The van der Waals surface area contributed by atoms with Gasteiger partial charge in [-0.1, -0.05) is 28.1 Å². The third kappa shape index (κ3) is 5.31. The molecule has 6 nitrogen and oxygen atoms in total. The van der Waals surface area contributed by atoms with Gasteiger partial charge in [-0.2, -0.15) is 4.31 Å². The van der Waals surface area contributed by atoms with Crippen LogP contribution in [0.25, 0.3) is 0 Å². The van der Waals surface area contributed by atoms with Crippen molar-refractivity contribution in [1.82, 2.24) is 4.31 Å². The van der Waals surface area contributed by atoms with Crippen LogP contribution in [0.5, 0.6) is 5.75 Å². The summed E-state index contributed by atoms with van der Waals surface area (Å²) >= 11 is 3.38. The molecule has 29 heavy (non-hydrogen) atoms. The Morgan fingerprint density at radius 3 is 2.48 bits per heavy atom. The van der Waals surface area contributed by atoms with E-state index in [-0.39, 0.29) is 17.5 Å². The zero-order chi connectivity index (χ0) is 21.0. The monoisotopic (exact) mass is 482 g/mol. The number of ether oxygens (including phenoxy) is 2. The van der Waals surface area contributed by atoms with Crippen LogP contribution in [0.15, 0.2) is 51.8 Å². The first-order chi connectivity index (χ1) is 13.8. The highest BCUT2D eigenvalue weighted by atomic mass is 79.9. The first kappa shape index (κ1) is 22.1. The molecule has 0 unspecified atom stereocenters. The molecule has 0 aromatic heterocycles. The van der Waals surface area contributed by atoms with Crippen LogP contribution in [0.4, 0.5) is 5.69 Å². The van der Waals surface area contributed by atoms with Crippen molar-refractivity contribution in [3.8, 4) is 5.75 Å². The second-order valence-corrected chi connectivity index (χ2v) is 10.1. The summed E-state index contributed by atoms with van der Waals surface area (Å²) in [6.07, 6.45) is 1.72. The summed E-state index contributed by atoms with van der Waals surface area (Å²) in [5, 5.41) is 0. The number of benzene rings is 2. The molecule has 3 rings (SSSR count). The van der Waals surface area contributed by atoms with Gasteiger partial charge in [-0.3, -0.25) is 0 Å².